The van der Waals surface area contributed by atoms with E-state index in [0.29, 0.717) is 6.04 Å². The van der Waals surface area contributed by atoms with Crippen LogP contribution in [-0.2, 0) is 6.54 Å². The SMILES string of the molecule is C[C@@H](c1cccnc1)N(C)Cc1cnc(C2CC2)s1. The van der Waals surface area contributed by atoms with Gasteiger partial charge in [-0.05, 0) is 38.4 Å². The van der Waals surface area contributed by atoms with Crippen LogP contribution in [0.2, 0.25) is 0 Å². The summed E-state index contributed by atoms with van der Waals surface area (Å²) in [5.41, 5.74) is 1.26. The molecule has 1 aliphatic carbocycles. The molecule has 1 atom stereocenters. The summed E-state index contributed by atoms with van der Waals surface area (Å²) in [6.07, 6.45) is 8.47. The van der Waals surface area contributed by atoms with Gasteiger partial charge in [-0.2, -0.15) is 0 Å². The summed E-state index contributed by atoms with van der Waals surface area (Å²) < 4.78 is 0. The molecule has 0 spiro atoms. The normalized spacial score (nSPS) is 16.8. The maximum absolute atomic E-state index is 4.54. The van der Waals surface area contributed by atoms with E-state index in [-0.39, 0.29) is 0 Å². The quantitative estimate of drug-likeness (QED) is 0.833. The molecule has 19 heavy (non-hydrogen) atoms. The van der Waals surface area contributed by atoms with Crippen molar-refractivity contribution in [3.63, 3.8) is 0 Å². The molecule has 0 aromatic carbocycles. The predicted octanol–water partition coefficient (Wildman–Crippen LogP) is 3.61. The third-order valence-corrected chi connectivity index (χ3v) is 4.88. The smallest absolute Gasteiger partial charge is 0.0959 e. The molecule has 2 heterocycles. The van der Waals surface area contributed by atoms with E-state index in [0.717, 1.165) is 12.5 Å². The van der Waals surface area contributed by atoms with Crippen molar-refractivity contribution in [2.75, 3.05) is 7.05 Å². The molecule has 2 aromatic rings. The summed E-state index contributed by atoms with van der Waals surface area (Å²) in [4.78, 5) is 12.4. The molecule has 0 radical (unpaired) electrons. The zero-order valence-electron chi connectivity index (χ0n) is 11.4. The summed E-state index contributed by atoms with van der Waals surface area (Å²) in [6.45, 7) is 3.18. The average molecular weight is 273 g/mol. The second kappa shape index (κ2) is 5.39. The highest BCUT2D eigenvalue weighted by molar-refractivity contribution is 7.11. The molecule has 0 aliphatic heterocycles. The van der Waals surface area contributed by atoms with Gasteiger partial charge < -0.3 is 0 Å². The van der Waals surface area contributed by atoms with E-state index in [1.54, 1.807) is 0 Å². The number of pyridine rings is 1. The molecule has 100 valence electrons. The zero-order valence-corrected chi connectivity index (χ0v) is 12.2. The monoisotopic (exact) mass is 273 g/mol. The van der Waals surface area contributed by atoms with Crippen molar-refractivity contribution in [1.29, 1.82) is 0 Å². The number of nitrogens with zero attached hydrogens (tertiary/aromatic N) is 3. The lowest BCUT2D eigenvalue weighted by Gasteiger charge is -2.23. The highest BCUT2D eigenvalue weighted by atomic mass is 32.1. The van der Waals surface area contributed by atoms with E-state index >= 15 is 0 Å². The Hall–Kier alpha value is -1.26. The summed E-state index contributed by atoms with van der Waals surface area (Å²) in [5.74, 6) is 0.764. The molecule has 3 nitrogen and oxygen atoms in total. The van der Waals surface area contributed by atoms with Crippen LogP contribution in [0.5, 0.6) is 0 Å². The first-order valence-corrected chi connectivity index (χ1v) is 7.60. The van der Waals surface area contributed by atoms with E-state index in [1.807, 2.05) is 36.0 Å². The lowest BCUT2D eigenvalue weighted by atomic mass is 10.1. The van der Waals surface area contributed by atoms with Gasteiger partial charge in [-0.25, -0.2) is 4.98 Å². The Morgan fingerprint density at radius 2 is 2.26 bits per heavy atom. The molecule has 2 aromatic heterocycles. The van der Waals surface area contributed by atoms with Crippen LogP contribution in [0.15, 0.2) is 30.7 Å². The van der Waals surface area contributed by atoms with Gasteiger partial charge in [-0.15, -0.1) is 11.3 Å². The molecular formula is C15H19N3S. The average Bonchev–Trinajstić information content (AvgIpc) is 3.20. The maximum Gasteiger partial charge on any atom is 0.0959 e. The molecule has 0 N–H and O–H groups in total. The van der Waals surface area contributed by atoms with Crippen molar-refractivity contribution >= 4 is 11.3 Å². The Balaban J connectivity index is 1.64. The number of aromatic nitrogens is 2. The molecule has 3 rings (SSSR count). The van der Waals surface area contributed by atoms with E-state index < -0.39 is 0 Å². The van der Waals surface area contributed by atoms with Crippen LogP contribution in [0, 0.1) is 0 Å². The third-order valence-electron chi connectivity index (χ3n) is 3.73. The van der Waals surface area contributed by atoms with Crippen LogP contribution in [-0.4, -0.2) is 21.9 Å². The molecule has 0 amide bonds. The van der Waals surface area contributed by atoms with Gasteiger partial charge in [0.15, 0.2) is 0 Å². The second-order valence-corrected chi connectivity index (χ2v) is 6.46. The summed E-state index contributed by atoms with van der Waals surface area (Å²) in [5, 5.41) is 1.33. The maximum atomic E-state index is 4.54. The fourth-order valence-electron chi connectivity index (χ4n) is 2.18. The molecule has 0 unspecified atom stereocenters. The lowest BCUT2D eigenvalue weighted by Crippen LogP contribution is -2.21. The highest BCUT2D eigenvalue weighted by Crippen LogP contribution is 2.42. The van der Waals surface area contributed by atoms with Crippen molar-refractivity contribution in [3.8, 4) is 0 Å². The van der Waals surface area contributed by atoms with Crippen molar-refractivity contribution < 1.29 is 0 Å². The van der Waals surface area contributed by atoms with E-state index in [4.69, 9.17) is 0 Å². The number of hydrogen-bond donors (Lipinski definition) is 0. The standard InChI is InChI=1S/C15H19N3S/c1-11(13-4-3-7-16-8-13)18(2)10-14-9-17-15(19-14)12-5-6-12/h3-4,7-9,11-12H,5-6,10H2,1-2H3/t11-/m0/s1. The second-order valence-electron chi connectivity index (χ2n) is 5.32. The topological polar surface area (TPSA) is 29.0 Å². The molecule has 1 fully saturated rings. The largest absolute Gasteiger partial charge is 0.294 e. The predicted molar refractivity (Wildman–Crippen MR) is 78.2 cm³/mol. The summed E-state index contributed by atoms with van der Waals surface area (Å²) >= 11 is 1.88. The zero-order chi connectivity index (χ0) is 13.2. The van der Waals surface area contributed by atoms with E-state index in [1.165, 1.54) is 28.3 Å². The number of hydrogen-bond acceptors (Lipinski definition) is 4. The first-order chi connectivity index (χ1) is 9.24. The van der Waals surface area contributed by atoms with Crippen molar-refractivity contribution in [3.05, 3.63) is 46.2 Å². The molecule has 0 saturated heterocycles. The van der Waals surface area contributed by atoms with E-state index in [9.17, 15) is 0 Å². The first kappa shape index (κ1) is 12.8. The minimum absolute atomic E-state index is 0.375. The van der Waals surface area contributed by atoms with Crippen LogP contribution >= 0.6 is 11.3 Å². The van der Waals surface area contributed by atoms with Crippen molar-refractivity contribution in [2.45, 2.75) is 38.3 Å². The van der Waals surface area contributed by atoms with Crippen LogP contribution in [0.3, 0.4) is 0 Å². The van der Waals surface area contributed by atoms with Crippen LogP contribution < -0.4 is 0 Å². The Labute approximate surface area is 118 Å². The van der Waals surface area contributed by atoms with Gasteiger partial charge in [0.25, 0.3) is 0 Å². The fraction of sp³-hybridized carbons (Fsp3) is 0.467. The first-order valence-electron chi connectivity index (χ1n) is 6.79. The Morgan fingerprint density at radius 3 is 2.95 bits per heavy atom. The van der Waals surface area contributed by atoms with Crippen LogP contribution in [0.4, 0.5) is 0 Å². The Bertz CT molecular complexity index is 533. The Morgan fingerprint density at radius 1 is 1.42 bits per heavy atom. The molecule has 1 saturated carbocycles. The van der Waals surface area contributed by atoms with Gasteiger partial charge in [0.1, 0.15) is 0 Å². The van der Waals surface area contributed by atoms with Gasteiger partial charge in [0.05, 0.1) is 5.01 Å². The lowest BCUT2D eigenvalue weighted by molar-refractivity contribution is 0.255. The van der Waals surface area contributed by atoms with Gasteiger partial charge >= 0.3 is 0 Å². The van der Waals surface area contributed by atoms with E-state index in [2.05, 4.69) is 34.9 Å². The van der Waals surface area contributed by atoms with Gasteiger partial charge in [0.2, 0.25) is 0 Å². The molecule has 4 heteroatoms. The summed E-state index contributed by atoms with van der Waals surface area (Å²) in [7, 11) is 2.16. The number of rotatable bonds is 5. The third kappa shape index (κ3) is 3.01. The molecule has 0 bridgehead atoms. The van der Waals surface area contributed by atoms with Crippen molar-refractivity contribution in [2.24, 2.45) is 0 Å². The van der Waals surface area contributed by atoms with Gasteiger partial charge in [-0.1, -0.05) is 6.07 Å². The van der Waals surface area contributed by atoms with Crippen LogP contribution in [0.25, 0.3) is 0 Å². The Kier molecular flexibility index (Phi) is 3.62. The minimum atomic E-state index is 0.375. The number of thiazole rings is 1. The minimum Gasteiger partial charge on any atom is -0.294 e. The van der Waals surface area contributed by atoms with Crippen LogP contribution in [0.1, 0.15) is 47.2 Å². The summed E-state index contributed by atoms with van der Waals surface area (Å²) in [6, 6.07) is 4.51. The molecular weight excluding hydrogens is 254 g/mol. The molecule has 1 aliphatic rings. The highest BCUT2D eigenvalue weighted by Gasteiger charge is 2.26. The van der Waals surface area contributed by atoms with Gasteiger partial charge in [0, 0.05) is 42.0 Å². The fourth-order valence-corrected chi connectivity index (χ4v) is 3.33. The van der Waals surface area contributed by atoms with Gasteiger partial charge in [-0.3, -0.25) is 9.88 Å². The van der Waals surface area contributed by atoms with Crippen molar-refractivity contribution in [1.82, 2.24) is 14.9 Å².